The fourth-order valence-corrected chi connectivity index (χ4v) is 4.51. The predicted octanol–water partition coefficient (Wildman–Crippen LogP) is 4.52. The maximum Gasteiger partial charge on any atom is 0.223 e. The molecule has 7 nitrogen and oxygen atoms in total. The Labute approximate surface area is 204 Å². The van der Waals surface area contributed by atoms with Crippen molar-refractivity contribution in [1.29, 1.82) is 0 Å². The van der Waals surface area contributed by atoms with Crippen LogP contribution in [0, 0.1) is 18.7 Å². The van der Waals surface area contributed by atoms with Crippen LogP contribution in [0.15, 0.2) is 24.3 Å². The van der Waals surface area contributed by atoms with Gasteiger partial charge in [0, 0.05) is 44.9 Å². The van der Waals surface area contributed by atoms with Crippen LogP contribution in [-0.2, 0) is 11.2 Å². The first kappa shape index (κ1) is 24.4. The molecule has 0 bridgehead atoms. The highest BCUT2D eigenvalue weighted by molar-refractivity contribution is 6.18. The number of fused-ring (bicyclic) bond motifs is 1. The summed E-state index contributed by atoms with van der Waals surface area (Å²) >= 11 is 5.79. The van der Waals surface area contributed by atoms with Crippen molar-refractivity contribution in [3.05, 3.63) is 41.6 Å². The molecule has 182 valence electrons. The van der Waals surface area contributed by atoms with E-state index in [4.69, 9.17) is 26.7 Å². The number of alkyl halides is 1. The van der Waals surface area contributed by atoms with Gasteiger partial charge in [-0.2, -0.15) is 5.10 Å². The zero-order valence-corrected chi connectivity index (χ0v) is 20.9. The average molecular weight is 487 g/mol. The van der Waals surface area contributed by atoms with Gasteiger partial charge in [-0.3, -0.25) is 4.79 Å². The topological polar surface area (TPSA) is 67.2 Å². The molecule has 1 fully saturated rings. The number of amides is 1. The van der Waals surface area contributed by atoms with E-state index in [1.807, 2.05) is 11.8 Å². The Morgan fingerprint density at radius 2 is 1.88 bits per heavy atom. The molecule has 3 aromatic rings. The van der Waals surface area contributed by atoms with Gasteiger partial charge in [0.15, 0.2) is 5.65 Å². The number of nitrogens with zero attached hydrogens (tertiary/aromatic N) is 6. The number of rotatable bonds is 7. The van der Waals surface area contributed by atoms with Crippen molar-refractivity contribution in [2.24, 2.45) is 5.92 Å². The molecule has 0 unspecified atom stereocenters. The minimum Gasteiger partial charge on any atom is -0.354 e. The molecule has 0 aliphatic carbocycles. The summed E-state index contributed by atoms with van der Waals surface area (Å²) in [5.74, 6) is 2.32. The van der Waals surface area contributed by atoms with E-state index in [-0.39, 0.29) is 11.7 Å². The number of carbonyl (C=O) groups excluding carboxylic acids is 1. The minimum absolute atomic E-state index is 0.0996. The number of carbonyl (C=O) groups is 1. The van der Waals surface area contributed by atoms with Crippen LogP contribution in [0.4, 0.5) is 10.2 Å². The molecule has 34 heavy (non-hydrogen) atoms. The molecule has 9 heteroatoms. The van der Waals surface area contributed by atoms with Gasteiger partial charge in [0.1, 0.15) is 17.5 Å². The van der Waals surface area contributed by atoms with Crippen LogP contribution in [0.25, 0.3) is 16.7 Å². The van der Waals surface area contributed by atoms with Crippen molar-refractivity contribution in [2.45, 2.75) is 46.5 Å². The van der Waals surface area contributed by atoms with E-state index >= 15 is 0 Å². The fourth-order valence-electron chi connectivity index (χ4n) is 4.34. The Balaban J connectivity index is 1.75. The standard InChI is InChI=1S/C25H32ClFN6O/c1-17(2)5-10-21-28-24(32-14-4-13-31(15-16-32)22(34)11-12-26)23-18(3)30-33(25(23)29-21)20-8-6-19(27)7-9-20/h6-9,17H,4-5,10-16H2,1-3H3. The SMILES string of the molecule is Cc1nn(-c2ccc(F)cc2)c2nc(CCC(C)C)nc(N3CCCN(C(=O)CCCl)CC3)c12. The van der Waals surface area contributed by atoms with Crippen molar-refractivity contribution in [3.8, 4) is 5.69 Å². The largest absolute Gasteiger partial charge is 0.354 e. The normalized spacial score (nSPS) is 14.8. The van der Waals surface area contributed by atoms with Gasteiger partial charge in [-0.25, -0.2) is 19.0 Å². The lowest BCUT2D eigenvalue weighted by atomic mass is 10.1. The zero-order valence-electron chi connectivity index (χ0n) is 20.1. The van der Waals surface area contributed by atoms with Gasteiger partial charge in [0.05, 0.1) is 16.8 Å². The van der Waals surface area contributed by atoms with Crippen molar-refractivity contribution in [1.82, 2.24) is 24.6 Å². The highest BCUT2D eigenvalue weighted by Gasteiger charge is 2.25. The second-order valence-electron chi connectivity index (χ2n) is 9.23. The number of aryl methyl sites for hydroxylation is 2. The third kappa shape index (κ3) is 5.32. The summed E-state index contributed by atoms with van der Waals surface area (Å²) in [4.78, 5) is 26.5. The summed E-state index contributed by atoms with van der Waals surface area (Å²) in [5.41, 5.74) is 2.31. The van der Waals surface area contributed by atoms with Crippen molar-refractivity contribution >= 4 is 34.4 Å². The van der Waals surface area contributed by atoms with Gasteiger partial charge < -0.3 is 9.80 Å². The highest BCUT2D eigenvalue weighted by atomic mass is 35.5. The monoisotopic (exact) mass is 486 g/mol. The number of hydrogen-bond acceptors (Lipinski definition) is 5. The molecule has 0 spiro atoms. The summed E-state index contributed by atoms with van der Waals surface area (Å²) in [6.45, 7) is 9.16. The van der Waals surface area contributed by atoms with Crippen molar-refractivity contribution < 1.29 is 9.18 Å². The van der Waals surface area contributed by atoms with E-state index in [1.54, 1.807) is 16.8 Å². The number of halogens is 2. The lowest BCUT2D eigenvalue weighted by Gasteiger charge is -2.24. The van der Waals surface area contributed by atoms with E-state index in [2.05, 4.69) is 18.7 Å². The van der Waals surface area contributed by atoms with Gasteiger partial charge in [-0.1, -0.05) is 13.8 Å². The molecule has 0 radical (unpaired) electrons. The summed E-state index contributed by atoms with van der Waals surface area (Å²) < 4.78 is 15.3. The van der Waals surface area contributed by atoms with E-state index < -0.39 is 0 Å². The van der Waals surface area contributed by atoms with Gasteiger partial charge in [0.2, 0.25) is 5.91 Å². The number of anilines is 1. The Morgan fingerprint density at radius 1 is 1.12 bits per heavy atom. The molecule has 2 aromatic heterocycles. The van der Waals surface area contributed by atoms with E-state index in [0.717, 1.165) is 59.9 Å². The molecular weight excluding hydrogens is 455 g/mol. The highest BCUT2D eigenvalue weighted by Crippen LogP contribution is 2.30. The molecule has 3 heterocycles. The van der Waals surface area contributed by atoms with Crippen LogP contribution in [0.1, 0.15) is 44.6 Å². The fraction of sp³-hybridized carbons (Fsp3) is 0.520. The molecule has 4 rings (SSSR count). The third-order valence-electron chi connectivity index (χ3n) is 6.20. The molecule has 0 saturated carbocycles. The van der Waals surface area contributed by atoms with E-state index in [9.17, 15) is 9.18 Å². The summed E-state index contributed by atoms with van der Waals surface area (Å²) in [5, 5.41) is 5.66. The van der Waals surface area contributed by atoms with Gasteiger partial charge in [-0.15, -0.1) is 11.6 Å². The third-order valence-corrected chi connectivity index (χ3v) is 6.39. The van der Waals surface area contributed by atoms with Crippen molar-refractivity contribution in [3.63, 3.8) is 0 Å². The minimum atomic E-state index is -0.289. The molecule has 0 atom stereocenters. The van der Waals surface area contributed by atoms with Crippen LogP contribution in [0.5, 0.6) is 0 Å². The summed E-state index contributed by atoms with van der Waals surface area (Å²) in [6.07, 6.45) is 2.96. The Hall–Kier alpha value is -2.74. The maximum atomic E-state index is 13.5. The first-order valence-corrected chi connectivity index (χ1v) is 12.5. The smallest absolute Gasteiger partial charge is 0.223 e. The Morgan fingerprint density at radius 3 is 2.59 bits per heavy atom. The summed E-state index contributed by atoms with van der Waals surface area (Å²) in [7, 11) is 0. The van der Waals surface area contributed by atoms with Crippen LogP contribution in [0.3, 0.4) is 0 Å². The van der Waals surface area contributed by atoms with E-state index in [1.165, 1.54) is 12.1 Å². The Bertz CT molecular complexity index is 1150. The lowest BCUT2D eigenvalue weighted by molar-refractivity contribution is -0.130. The number of benzene rings is 1. The molecule has 1 amide bonds. The van der Waals surface area contributed by atoms with E-state index in [0.29, 0.717) is 37.9 Å². The first-order chi connectivity index (χ1) is 16.4. The van der Waals surface area contributed by atoms with Gasteiger partial charge in [0.25, 0.3) is 0 Å². The quantitative estimate of drug-likeness (QED) is 0.459. The number of aromatic nitrogens is 4. The van der Waals surface area contributed by atoms with Crippen LogP contribution < -0.4 is 4.90 Å². The zero-order chi connectivity index (χ0) is 24.2. The van der Waals surface area contributed by atoms with Crippen LogP contribution >= 0.6 is 11.6 Å². The number of hydrogen-bond donors (Lipinski definition) is 0. The molecular formula is C25H32ClFN6O. The second kappa shape index (κ2) is 10.7. The molecule has 1 aromatic carbocycles. The summed E-state index contributed by atoms with van der Waals surface area (Å²) in [6, 6.07) is 6.29. The van der Waals surface area contributed by atoms with Crippen LogP contribution in [0.2, 0.25) is 0 Å². The maximum absolute atomic E-state index is 13.5. The lowest BCUT2D eigenvalue weighted by Crippen LogP contribution is -2.35. The van der Waals surface area contributed by atoms with Crippen molar-refractivity contribution in [2.75, 3.05) is 37.0 Å². The molecule has 1 aliphatic rings. The predicted molar refractivity (Wildman–Crippen MR) is 133 cm³/mol. The molecule has 1 saturated heterocycles. The Kier molecular flexibility index (Phi) is 7.66. The second-order valence-corrected chi connectivity index (χ2v) is 9.61. The molecule has 0 N–H and O–H groups in total. The van der Waals surface area contributed by atoms with Gasteiger partial charge in [-0.05, 0) is 49.9 Å². The molecule has 1 aliphatic heterocycles. The first-order valence-electron chi connectivity index (χ1n) is 12.0. The van der Waals surface area contributed by atoms with Crippen LogP contribution in [-0.4, -0.2) is 62.6 Å². The average Bonchev–Trinajstić information content (AvgIpc) is 2.98. The van der Waals surface area contributed by atoms with Gasteiger partial charge >= 0.3 is 0 Å².